The Bertz CT molecular complexity index is 711. The van der Waals surface area contributed by atoms with Crippen LogP contribution in [0, 0.1) is 11.3 Å². The molecule has 1 aromatic heterocycles. The molecule has 0 saturated heterocycles. The maximum atomic E-state index is 9.57. The summed E-state index contributed by atoms with van der Waals surface area (Å²) in [7, 11) is 0. The average Bonchev–Trinajstić information content (AvgIpc) is 2.59. The van der Waals surface area contributed by atoms with Gasteiger partial charge in [0.05, 0.1) is 18.3 Å². The molecule has 0 aliphatic carbocycles. The van der Waals surface area contributed by atoms with Crippen LogP contribution in [0.15, 0.2) is 29.4 Å². The molecule has 0 aliphatic heterocycles. The number of thioether (sulfide) groups is 1. The number of nitriles is 1. The fourth-order valence-corrected chi connectivity index (χ4v) is 2.52. The average molecular weight is 349 g/mol. The maximum absolute atomic E-state index is 9.57. The SMILES string of the molecule is CCC(CO)Nc1nc(SC)nc(-c2ccc(Cl)cc2)c1C#N. The number of nitrogens with zero attached hydrogens (tertiary/aromatic N) is 3. The monoisotopic (exact) mass is 348 g/mol. The molecule has 0 amide bonds. The van der Waals surface area contributed by atoms with E-state index >= 15 is 0 Å². The number of nitrogens with one attached hydrogen (secondary N) is 1. The predicted molar refractivity (Wildman–Crippen MR) is 93.8 cm³/mol. The molecule has 1 heterocycles. The van der Waals surface area contributed by atoms with E-state index in [4.69, 9.17) is 11.6 Å². The van der Waals surface area contributed by atoms with Gasteiger partial charge in [-0.15, -0.1) is 0 Å². The molecule has 0 fully saturated rings. The number of hydrogen-bond acceptors (Lipinski definition) is 6. The summed E-state index contributed by atoms with van der Waals surface area (Å²) < 4.78 is 0. The number of rotatable bonds is 6. The van der Waals surface area contributed by atoms with Crippen molar-refractivity contribution in [2.75, 3.05) is 18.2 Å². The van der Waals surface area contributed by atoms with Gasteiger partial charge in [-0.05, 0) is 24.8 Å². The van der Waals surface area contributed by atoms with Gasteiger partial charge < -0.3 is 10.4 Å². The molecule has 2 N–H and O–H groups in total. The van der Waals surface area contributed by atoms with E-state index in [1.54, 1.807) is 12.1 Å². The van der Waals surface area contributed by atoms with Crippen LogP contribution in [-0.2, 0) is 0 Å². The highest BCUT2D eigenvalue weighted by Crippen LogP contribution is 2.29. The van der Waals surface area contributed by atoms with Gasteiger partial charge >= 0.3 is 0 Å². The second-order valence-corrected chi connectivity index (χ2v) is 6.04. The second kappa shape index (κ2) is 8.16. The quantitative estimate of drug-likeness (QED) is 0.613. The molecule has 0 bridgehead atoms. The first kappa shape index (κ1) is 17.5. The lowest BCUT2D eigenvalue weighted by molar-refractivity contribution is 0.271. The zero-order valence-electron chi connectivity index (χ0n) is 12.9. The fraction of sp³-hybridized carbons (Fsp3) is 0.312. The summed E-state index contributed by atoms with van der Waals surface area (Å²) in [6.07, 6.45) is 2.59. The van der Waals surface area contributed by atoms with Gasteiger partial charge in [0.25, 0.3) is 0 Å². The third kappa shape index (κ3) is 4.14. The minimum atomic E-state index is -0.162. The fourth-order valence-electron chi connectivity index (χ4n) is 2.03. The van der Waals surface area contributed by atoms with Gasteiger partial charge in [-0.1, -0.05) is 42.4 Å². The van der Waals surface area contributed by atoms with E-state index in [0.29, 0.717) is 27.3 Å². The summed E-state index contributed by atoms with van der Waals surface area (Å²) in [4.78, 5) is 8.85. The van der Waals surface area contributed by atoms with Gasteiger partial charge in [0, 0.05) is 10.6 Å². The number of aliphatic hydroxyl groups excluding tert-OH is 1. The molecule has 0 saturated carbocycles. The minimum Gasteiger partial charge on any atom is -0.394 e. The van der Waals surface area contributed by atoms with E-state index in [-0.39, 0.29) is 12.6 Å². The summed E-state index contributed by atoms with van der Waals surface area (Å²) >= 11 is 7.32. The van der Waals surface area contributed by atoms with Crippen LogP contribution in [0.3, 0.4) is 0 Å². The third-order valence-electron chi connectivity index (χ3n) is 3.35. The summed E-state index contributed by atoms with van der Waals surface area (Å²) in [5.74, 6) is 0.442. The van der Waals surface area contributed by atoms with E-state index in [9.17, 15) is 10.4 Å². The molecule has 0 spiro atoms. The normalized spacial score (nSPS) is 11.8. The van der Waals surface area contributed by atoms with Crippen molar-refractivity contribution in [3.63, 3.8) is 0 Å². The van der Waals surface area contributed by atoms with Gasteiger partial charge in [0.15, 0.2) is 5.16 Å². The first-order valence-electron chi connectivity index (χ1n) is 7.12. The Morgan fingerprint density at radius 3 is 2.57 bits per heavy atom. The van der Waals surface area contributed by atoms with E-state index in [1.165, 1.54) is 11.8 Å². The largest absolute Gasteiger partial charge is 0.394 e. The third-order valence-corrected chi connectivity index (χ3v) is 4.15. The van der Waals surface area contributed by atoms with Gasteiger partial charge in [0.1, 0.15) is 17.5 Å². The molecular formula is C16H17ClN4OS. The van der Waals surface area contributed by atoms with Crippen molar-refractivity contribution in [2.45, 2.75) is 24.5 Å². The Balaban J connectivity index is 2.57. The molecule has 23 heavy (non-hydrogen) atoms. The molecule has 1 aromatic carbocycles. The van der Waals surface area contributed by atoms with Gasteiger partial charge in [-0.3, -0.25) is 0 Å². The summed E-state index contributed by atoms with van der Waals surface area (Å²) in [5.41, 5.74) is 1.71. The first-order chi connectivity index (χ1) is 11.1. The van der Waals surface area contributed by atoms with E-state index in [1.807, 2.05) is 25.3 Å². The van der Waals surface area contributed by atoms with Crippen molar-refractivity contribution in [1.29, 1.82) is 5.26 Å². The van der Waals surface area contributed by atoms with Crippen LogP contribution in [0.1, 0.15) is 18.9 Å². The van der Waals surface area contributed by atoms with Crippen LogP contribution < -0.4 is 5.32 Å². The zero-order valence-corrected chi connectivity index (χ0v) is 14.4. The highest BCUT2D eigenvalue weighted by Gasteiger charge is 2.18. The Morgan fingerprint density at radius 2 is 2.04 bits per heavy atom. The maximum Gasteiger partial charge on any atom is 0.189 e. The van der Waals surface area contributed by atoms with Crippen molar-refractivity contribution in [2.24, 2.45) is 0 Å². The Labute approximate surface area is 144 Å². The van der Waals surface area contributed by atoms with Crippen LogP contribution in [0.5, 0.6) is 0 Å². The first-order valence-corrected chi connectivity index (χ1v) is 8.72. The molecule has 0 radical (unpaired) electrons. The zero-order chi connectivity index (χ0) is 16.8. The Morgan fingerprint density at radius 1 is 1.35 bits per heavy atom. The highest BCUT2D eigenvalue weighted by atomic mass is 35.5. The molecule has 5 nitrogen and oxygen atoms in total. The van der Waals surface area contributed by atoms with Crippen LogP contribution >= 0.6 is 23.4 Å². The molecular weight excluding hydrogens is 332 g/mol. The predicted octanol–water partition coefficient (Wildman–Crippen LogP) is 3.57. The number of benzene rings is 1. The molecule has 7 heteroatoms. The highest BCUT2D eigenvalue weighted by molar-refractivity contribution is 7.98. The molecule has 2 rings (SSSR count). The molecule has 2 aromatic rings. The van der Waals surface area contributed by atoms with Crippen LogP contribution in [0.2, 0.25) is 5.02 Å². The second-order valence-electron chi connectivity index (χ2n) is 4.83. The smallest absolute Gasteiger partial charge is 0.189 e. The van der Waals surface area contributed by atoms with E-state index in [2.05, 4.69) is 21.4 Å². The van der Waals surface area contributed by atoms with Gasteiger partial charge in [-0.25, -0.2) is 9.97 Å². The summed E-state index contributed by atoms with van der Waals surface area (Å²) in [5, 5.41) is 23.3. The van der Waals surface area contributed by atoms with Crippen LogP contribution in [0.25, 0.3) is 11.3 Å². The summed E-state index contributed by atoms with van der Waals surface area (Å²) in [6, 6.07) is 9.17. The lowest BCUT2D eigenvalue weighted by Crippen LogP contribution is -2.24. The Kier molecular flexibility index (Phi) is 6.22. The topological polar surface area (TPSA) is 81.8 Å². The lowest BCUT2D eigenvalue weighted by Gasteiger charge is -2.17. The van der Waals surface area contributed by atoms with E-state index in [0.717, 1.165) is 12.0 Å². The van der Waals surface area contributed by atoms with Crippen molar-refractivity contribution >= 4 is 29.2 Å². The molecule has 0 aliphatic rings. The molecule has 120 valence electrons. The standard InChI is InChI=1S/C16H17ClN4OS/c1-3-12(9-22)19-15-13(8-18)14(20-16(21-15)23-2)10-4-6-11(17)7-5-10/h4-7,12,22H,3,9H2,1-2H3,(H,19,20,21). The van der Waals surface area contributed by atoms with Crippen molar-refractivity contribution in [1.82, 2.24) is 9.97 Å². The van der Waals surface area contributed by atoms with Crippen molar-refractivity contribution in [3.05, 3.63) is 34.9 Å². The van der Waals surface area contributed by atoms with Crippen LogP contribution in [-0.4, -0.2) is 34.0 Å². The summed E-state index contributed by atoms with van der Waals surface area (Å²) in [6.45, 7) is 1.92. The Hall–Kier alpha value is -1.81. The minimum absolute atomic E-state index is 0.0315. The number of hydrogen-bond donors (Lipinski definition) is 2. The van der Waals surface area contributed by atoms with Crippen molar-refractivity contribution < 1.29 is 5.11 Å². The van der Waals surface area contributed by atoms with Crippen LogP contribution in [0.4, 0.5) is 5.82 Å². The van der Waals surface area contributed by atoms with Crippen molar-refractivity contribution in [3.8, 4) is 17.3 Å². The number of halogens is 1. The molecule has 1 atom stereocenters. The molecule has 1 unspecified atom stereocenters. The number of anilines is 1. The van der Waals surface area contributed by atoms with Gasteiger partial charge in [0.2, 0.25) is 0 Å². The number of aromatic nitrogens is 2. The van der Waals surface area contributed by atoms with E-state index < -0.39 is 0 Å². The van der Waals surface area contributed by atoms with Gasteiger partial charge in [-0.2, -0.15) is 5.26 Å². The lowest BCUT2D eigenvalue weighted by atomic mass is 10.1. The number of aliphatic hydroxyl groups is 1.